The topological polar surface area (TPSA) is 60.7 Å². The molecule has 0 spiro atoms. The van der Waals surface area contributed by atoms with Crippen LogP contribution >= 0.6 is 0 Å². The van der Waals surface area contributed by atoms with Crippen molar-refractivity contribution < 1.29 is 4.79 Å². The van der Waals surface area contributed by atoms with E-state index in [1.807, 2.05) is 68.7 Å². The van der Waals surface area contributed by atoms with E-state index in [0.29, 0.717) is 18.5 Å². The zero-order valence-electron chi connectivity index (χ0n) is 17.5. The van der Waals surface area contributed by atoms with Gasteiger partial charge in [0.1, 0.15) is 5.69 Å². The van der Waals surface area contributed by atoms with Crippen molar-refractivity contribution in [3.8, 4) is 22.5 Å². The molecule has 5 heteroatoms. The van der Waals surface area contributed by atoms with E-state index >= 15 is 0 Å². The van der Waals surface area contributed by atoms with Gasteiger partial charge in [-0.25, -0.2) is 0 Å². The van der Waals surface area contributed by atoms with E-state index in [1.165, 1.54) is 0 Å². The number of hydrogen-bond acceptors (Lipinski definition) is 4. The van der Waals surface area contributed by atoms with Crippen LogP contribution in [0.3, 0.4) is 0 Å². The summed E-state index contributed by atoms with van der Waals surface area (Å²) in [5.41, 5.74) is 7.58. The van der Waals surface area contributed by atoms with Crippen LogP contribution in [0.4, 0.5) is 0 Å². The van der Waals surface area contributed by atoms with Crippen molar-refractivity contribution in [3.05, 3.63) is 89.5 Å². The molecule has 0 N–H and O–H groups in total. The molecule has 0 aliphatic carbocycles. The molecule has 0 saturated heterocycles. The number of ketones is 1. The molecule has 4 aromatic rings. The van der Waals surface area contributed by atoms with Crippen LogP contribution < -0.4 is 0 Å². The molecule has 4 rings (SSSR count). The second-order valence-electron chi connectivity index (χ2n) is 7.52. The molecule has 0 fully saturated rings. The van der Waals surface area contributed by atoms with Crippen molar-refractivity contribution in [2.75, 3.05) is 0 Å². The second kappa shape index (κ2) is 8.41. The predicted octanol–water partition coefficient (Wildman–Crippen LogP) is 4.98. The molecule has 3 heterocycles. The van der Waals surface area contributed by atoms with Gasteiger partial charge in [0.25, 0.3) is 0 Å². The van der Waals surface area contributed by atoms with Crippen molar-refractivity contribution in [3.63, 3.8) is 0 Å². The SMILES string of the molecule is Cc1cc(-c2ncc(CCC(=O)c3cc(-c4ccccc4)nn3C)cc2C)ccn1. The van der Waals surface area contributed by atoms with E-state index in [4.69, 9.17) is 0 Å². The van der Waals surface area contributed by atoms with Gasteiger partial charge in [-0.3, -0.25) is 19.4 Å². The highest BCUT2D eigenvalue weighted by Crippen LogP contribution is 2.23. The second-order valence-corrected chi connectivity index (χ2v) is 7.52. The molecule has 1 aromatic carbocycles. The largest absolute Gasteiger partial charge is 0.292 e. The lowest BCUT2D eigenvalue weighted by Crippen LogP contribution is -2.08. The van der Waals surface area contributed by atoms with Gasteiger partial charge in [0, 0.05) is 42.7 Å². The van der Waals surface area contributed by atoms with E-state index in [2.05, 4.69) is 28.1 Å². The fourth-order valence-electron chi connectivity index (χ4n) is 3.63. The maximum absolute atomic E-state index is 12.8. The van der Waals surface area contributed by atoms with Crippen LogP contribution in [0.1, 0.15) is 33.7 Å². The number of carbonyl (C=O) groups is 1. The van der Waals surface area contributed by atoms with Crippen LogP contribution in [-0.2, 0) is 13.5 Å². The normalized spacial score (nSPS) is 10.9. The van der Waals surface area contributed by atoms with E-state index in [1.54, 1.807) is 10.9 Å². The molecule has 0 aliphatic heterocycles. The summed E-state index contributed by atoms with van der Waals surface area (Å²) in [6, 6.07) is 17.9. The number of benzene rings is 1. The Morgan fingerprint density at radius 3 is 2.50 bits per heavy atom. The third kappa shape index (κ3) is 4.20. The van der Waals surface area contributed by atoms with Crippen molar-refractivity contribution in [1.29, 1.82) is 0 Å². The first-order chi connectivity index (χ1) is 14.5. The molecule has 3 aromatic heterocycles. The molecule has 0 radical (unpaired) electrons. The zero-order valence-corrected chi connectivity index (χ0v) is 17.5. The molecular weight excluding hydrogens is 372 g/mol. The van der Waals surface area contributed by atoms with Gasteiger partial charge in [-0.15, -0.1) is 0 Å². The molecule has 30 heavy (non-hydrogen) atoms. The van der Waals surface area contributed by atoms with Gasteiger partial charge < -0.3 is 0 Å². The van der Waals surface area contributed by atoms with E-state index in [0.717, 1.165) is 39.3 Å². The van der Waals surface area contributed by atoms with Crippen molar-refractivity contribution in [2.45, 2.75) is 26.7 Å². The van der Waals surface area contributed by atoms with Gasteiger partial charge in [0.2, 0.25) is 0 Å². The Hall–Kier alpha value is -3.60. The maximum atomic E-state index is 12.8. The van der Waals surface area contributed by atoms with Gasteiger partial charge >= 0.3 is 0 Å². The van der Waals surface area contributed by atoms with Crippen molar-refractivity contribution in [1.82, 2.24) is 19.7 Å². The zero-order chi connectivity index (χ0) is 21.1. The Kier molecular flexibility index (Phi) is 5.53. The number of aromatic nitrogens is 4. The highest BCUT2D eigenvalue weighted by atomic mass is 16.1. The maximum Gasteiger partial charge on any atom is 0.181 e. The number of aryl methyl sites for hydroxylation is 4. The molecule has 5 nitrogen and oxygen atoms in total. The first-order valence-electron chi connectivity index (χ1n) is 10.0. The summed E-state index contributed by atoms with van der Waals surface area (Å²) >= 11 is 0. The molecule has 150 valence electrons. The van der Waals surface area contributed by atoms with Crippen LogP contribution in [0.15, 0.2) is 67.0 Å². The Morgan fingerprint density at radius 2 is 1.77 bits per heavy atom. The number of Topliss-reactive ketones (excluding diaryl/α,β-unsaturated/α-hetero) is 1. The summed E-state index contributed by atoms with van der Waals surface area (Å²) in [6.45, 7) is 4.02. The third-order valence-corrected chi connectivity index (χ3v) is 5.18. The van der Waals surface area contributed by atoms with E-state index in [9.17, 15) is 4.79 Å². The fourth-order valence-corrected chi connectivity index (χ4v) is 3.63. The van der Waals surface area contributed by atoms with E-state index < -0.39 is 0 Å². The number of rotatable bonds is 6. The summed E-state index contributed by atoms with van der Waals surface area (Å²) in [6.07, 6.45) is 4.73. The van der Waals surface area contributed by atoms with Crippen LogP contribution in [-0.4, -0.2) is 25.5 Å². The third-order valence-electron chi connectivity index (χ3n) is 5.18. The van der Waals surface area contributed by atoms with Crippen LogP contribution in [0.5, 0.6) is 0 Å². The molecular formula is C25H24N4O. The molecule has 0 bridgehead atoms. The van der Waals surface area contributed by atoms with E-state index in [-0.39, 0.29) is 5.78 Å². The molecule has 0 amide bonds. The lowest BCUT2D eigenvalue weighted by atomic mass is 10.0. The quantitative estimate of drug-likeness (QED) is 0.432. The standard InChI is InChI=1S/C25H24N4O/c1-17-13-19(16-27-25(17)21-11-12-26-18(2)14-21)9-10-24(30)23-15-22(28-29(23)3)20-7-5-4-6-8-20/h4-8,11-16H,9-10H2,1-3H3. The first kappa shape index (κ1) is 19.7. The van der Waals surface area contributed by atoms with Crippen molar-refractivity contribution >= 4 is 5.78 Å². The fraction of sp³-hybridized carbons (Fsp3) is 0.200. The summed E-state index contributed by atoms with van der Waals surface area (Å²) in [7, 11) is 1.82. The van der Waals surface area contributed by atoms with Gasteiger partial charge in [0.15, 0.2) is 5.78 Å². The average molecular weight is 396 g/mol. The lowest BCUT2D eigenvalue weighted by Gasteiger charge is -2.08. The van der Waals surface area contributed by atoms with Crippen molar-refractivity contribution in [2.24, 2.45) is 7.05 Å². The van der Waals surface area contributed by atoms with Gasteiger partial charge in [-0.05, 0) is 49.6 Å². The number of pyridine rings is 2. The minimum Gasteiger partial charge on any atom is -0.292 e. The van der Waals surface area contributed by atoms with Gasteiger partial charge in [-0.2, -0.15) is 5.10 Å². The smallest absolute Gasteiger partial charge is 0.181 e. The Labute approximate surface area is 176 Å². The highest BCUT2D eigenvalue weighted by Gasteiger charge is 2.15. The Bertz CT molecular complexity index is 1200. The number of carbonyl (C=O) groups excluding carboxylic acids is 1. The van der Waals surface area contributed by atoms with Crippen LogP contribution in [0.25, 0.3) is 22.5 Å². The number of nitrogens with zero attached hydrogens (tertiary/aromatic N) is 4. The monoisotopic (exact) mass is 396 g/mol. The highest BCUT2D eigenvalue weighted by molar-refractivity contribution is 5.95. The minimum absolute atomic E-state index is 0.0821. The summed E-state index contributed by atoms with van der Waals surface area (Å²) in [5.74, 6) is 0.0821. The molecule has 0 unspecified atom stereocenters. The lowest BCUT2D eigenvalue weighted by molar-refractivity contribution is 0.0973. The summed E-state index contributed by atoms with van der Waals surface area (Å²) in [4.78, 5) is 21.7. The Balaban J connectivity index is 1.47. The average Bonchev–Trinajstić information content (AvgIpc) is 3.14. The molecule has 0 aliphatic rings. The summed E-state index contributed by atoms with van der Waals surface area (Å²) < 4.78 is 1.67. The summed E-state index contributed by atoms with van der Waals surface area (Å²) in [5, 5.41) is 4.50. The minimum atomic E-state index is 0.0821. The van der Waals surface area contributed by atoms with Gasteiger partial charge in [-0.1, -0.05) is 36.4 Å². The molecule has 0 atom stereocenters. The number of hydrogen-bond donors (Lipinski definition) is 0. The van der Waals surface area contributed by atoms with Crippen LogP contribution in [0.2, 0.25) is 0 Å². The van der Waals surface area contributed by atoms with Crippen LogP contribution in [0, 0.1) is 13.8 Å². The Morgan fingerprint density at radius 1 is 0.967 bits per heavy atom. The first-order valence-corrected chi connectivity index (χ1v) is 10.0. The van der Waals surface area contributed by atoms with Gasteiger partial charge in [0.05, 0.1) is 11.4 Å². The molecule has 0 saturated carbocycles. The predicted molar refractivity (Wildman–Crippen MR) is 118 cm³/mol.